The van der Waals surface area contributed by atoms with E-state index in [9.17, 15) is 8.42 Å². The zero-order valence-corrected chi connectivity index (χ0v) is 13.3. The molecule has 0 unspecified atom stereocenters. The quantitative estimate of drug-likeness (QED) is 0.669. The number of hydrogen-bond acceptors (Lipinski definition) is 4. The fraction of sp³-hybridized carbons (Fsp3) is 0.571. The average molecular weight is 299 g/mol. The summed E-state index contributed by atoms with van der Waals surface area (Å²) < 4.78 is 26.9. The summed E-state index contributed by atoms with van der Waals surface area (Å²) in [6.45, 7) is 4.81. The Labute approximate surface area is 122 Å². The summed E-state index contributed by atoms with van der Waals surface area (Å²) in [4.78, 5) is 2.26. The SMILES string of the molecule is CCCNCc1cccc(S(=O)(=O)NCCN(C)C)c1. The fourth-order valence-electron chi connectivity index (χ4n) is 1.72. The van der Waals surface area contributed by atoms with E-state index in [0.29, 0.717) is 24.5 Å². The molecule has 0 bridgehead atoms. The van der Waals surface area contributed by atoms with Gasteiger partial charge in [0.05, 0.1) is 4.90 Å². The first-order valence-corrected chi connectivity index (χ1v) is 8.38. The Morgan fingerprint density at radius 1 is 1.20 bits per heavy atom. The van der Waals surface area contributed by atoms with Crippen LogP contribution in [0.4, 0.5) is 0 Å². The molecule has 114 valence electrons. The van der Waals surface area contributed by atoms with Crippen LogP contribution in [0.1, 0.15) is 18.9 Å². The van der Waals surface area contributed by atoms with E-state index >= 15 is 0 Å². The molecule has 0 amide bonds. The number of rotatable bonds is 9. The normalized spacial score (nSPS) is 12.0. The highest BCUT2D eigenvalue weighted by Crippen LogP contribution is 2.11. The summed E-state index contributed by atoms with van der Waals surface area (Å²) in [5, 5.41) is 3.27. The fourth-order valence-corrected chi connectivity index (χ4v) is 2.81. The molecule has 0 saturated carbocycles. The van der Waals surface area contributed by atoms with Crippen LogP contribution in [0, 0.1) is 0 Å². The standard InChI is InChI=1S/C14H25N3O2S/c1-4-8-15-12-13-6-5-7-14(11-13)20(18,19)16-9-10-17(2)3/h5-7,11,15-16H,4,8-10,12H2,1-3H3. The van der Waals surface area contributed by atoms with Crippen LogP contribution in [0.15, 0.2) is 29.2 Å². The van der Waals surface area contributed by atoms with Crippen LogP contribution in [-0.2, 0) is 16.6 Å². The molecule has 0 aromatic heterocycles. The predicted octanol–water partition coefficient (Wildman–Crippen LogP) is 1.03. The Bertz CT molecular complexity index is 501. The van der Waals surface area contributed by atoms with Crippen LogP contribution in [-0.4, -0.2) is 47.0 Å². The molecular weight excluding hydrogens is 274 g/mol. The van der Waals surface area contributed by atoms with E-state index in [2.05, 4.69) is 17.0 Å². The summed E-state index contributed by atoms with van der Waals surface area (Å²) in [7, 11) is 0.409. The van der Waals surface area contributed by atoms with Gasteiger partial charge in [0, 0.05) is 19.6 Å². The van der Waals surface area contributed by atoms with Gasteiger partial charge in [0.1, 0.15) is 0 Å². The van der Waals surface area contributed by atoms with Gasteiger partial charge in [-0.05, 0) is 44.8 Å². The van der Waals surface area contributed by atoms with E-state index in [1.165, 1.54) is 0 Å². The Morgan fingerprint density at radius 2 is 1.95 bits per heavy atom. The molecular formula is C14H25N3O2S. The van der Waals surface area contributed by atoms with Crippen molar-refractivity contribution in [2.45, 2.75) is 24.8 Å². The Morgan fingerprint density at radius 3 is 2.60 bits per heavy atom. The molecule has 20 heavy (non-hydrogen) atoms. The lowest BCUT2D eigenvalue weighted by molar-refractivity contribution is 0.412. The zero-order valence-electron chi connectivity index (χ0n) is 12.5. The minimum Gasteiger partial charge on any atom is -0.313 e. The third-order valence-electron chi connectivity index (χ3n) is 2.82. The number of sulfonamides is 1. The molecule has 2 N–H and O–H groups in total. The Kier molecular flexibility index (Phi) is 7.15. The molecule has 1 aromatic rings. The van der Waals surface area contributed by atoms with E-state index in [1.807, 2.05) is 25.1 Å². The number of likely N-dealkylation sites (N-methyl/N-ethyl adjacent to an activating group) is 1. The van der Waals surface area contributed by atoms with Gasteiger partial charge in [0.25, 0.3) is 0 Å². The molecule has 0 aliphatic heterocycles. The van der Waals surface area contributed by atoms with E-state index in [4.69, 9.17) is 0 Å². The number of benzene rings is 1. The number of nitrogens with one attached hydrogen (secondary N) is 2. The summed E-state index contributed by atoms with van der Waals surface area (Å²) in [6, 6.07) is 7.06. The maximum Gasteiger partial charge on any atom is 0.240 e. The van der Waals surface area contributed by atoms with Crippen molar-refractivity contribution >= 4 is 10.0 Å². The largest absolute Gasteiger partial charge is 0.313 e. The lowest BCUT2D eigenvalue weighted by Crippen LogP contribution is -2.31. The first kappa shape index (κ1) is 17.1. The van der Waals surface area contributed by atoms with E-state index in [0.717, 1.165) is 18.5 Å². The first-order chi connectivity index (χ1) is 9.45. The third-order valence-corrected chi connectivity index (χ3v) is 4.27. The summed E-state index contributed by atoms with van der Waals surface area (Å²) in [6.07, 6.45) is 1.06. The van der Waals surface area contributed by atoms with Crippen LogP contribution >= 0.6 is 0 Å². The minimum absolute atomic E-state index is 0.326. The second-order valence-corrected chi connectivity index (χ2v) is 6.79. The molecule has 0 fully saturated rings. The van der Waals surface area contributed by atoms with Crippen molar-refractivity contribution in [3.8, 4) is 0 Å². The van der Waals surface area contributed by atoms with Gasteiger partial charge < -0.3 is 10.2 Å². The van der Waals surface area contributed by atoms with Crippen molar-refractivity contribution in [1.82, 2.24) is 14.9 Å². The Hall–Kier alpha value is -0.950. The van der Waals surface area contributed by atoms with E-state index < -0.39 is 10.0 Å². The first-order valence-electron chi connectivity index (χ1n) is 6.89. The van der Waals surface area contributed by atoms with Gasteiger partial charge in [-0.3, -0.25) is 0 Å². The average Bonchev–Trinajstić information content (AvgIpc) is 2.39. The van der Waals surface area contributed by atoms with E-state index in [-0.39, 0.29) is 0 Å². The highest BCUT2D eigenvalue weighted by Gasteiger charge is 2.13. The monoisotopic (exact) mass is 299 g/mol. The molecule has 0 aliphatic rings. The van der Waals surface area contributed by atoms with E-state index in [1.54, 1.807) is 18.2 Å². The molecule has 0 heterocycles. The molecule has 0 radical (unpaired) electrons. The molecule has 0 saturated heterocycles. The molecule has 5 nitrogen and oxygen atoms in total. The van der Waals surface area contributed by atoms with Crippen LogP contribution in [0.3, 0.4) is 0 Å². The maximum absolute atomic E-state index is 12.1. The van der Waals surface area contributed by atoms with Gasteiger partial charge in [-0.1, -0.05) is 19.1 Å². The van der Waals surface area contributed by atoms with Crippen molar-refractivity contribution < 1.29 is 8.42 Å². The Balaban J connectivity index is 2.67. The summed E-state index contributed by atoms with van der Waals surface area (Å²) in [5.41, 5.74) is 0.980. The molecule has 0 spiro atoms. The smallest absolute Gasteiger partial charge is 0.240 e. The van der Waals surface area contributed by atoms with Crippen molar-refractivity contribution in [2.24, 2.45) is 0 Å². The van der Waals surface area contributed by atoms with Crippen molar-refractivity contribution in [3.63, 3.8) is 0 Å². The second-order valence-electron chi connectivity index (χ2n) is 5.03. The number of hydrogen-bond donors (Lipinski definition) is 2. The van der Waals surface area contributed by atoms with Crippen LogP contribution in [0.2, 0.25) is 0 Å². The predicted molar refractivity (Wildman–Crippen MR) is 82.2 cm³/mol. The van der Waals surface area contributed by atoms with Crippen LogP contribution in [0.5, 0.6) is 0 Å². The van der Waals surface area contributed by atoms with Crippen LogP contribution in [0.25, 0.3) is 0 Å². The number of nitrogens with zero attached hydrogens (tertiary/aromatic N) is 1. The minimum atomic E-state index is -3.41. The lowest BCUT2D eigenvalue weighted by Gasteiger charge is -2.11. The van der Waals surface area contributed by atoms with Gasteiger partial charge in [0.15, 0.2) is 0 Å². The van der Waals surface area contributed by atoms with Crippen LogP contribution < -0.4 is 10.0 Å². The van der Waals surface area contributed by atoms with Gasteiger partial charge in [-0.2, -0.15) is 0 Å². The highest BCUT2D eigenvalue weighted by atomic mass is 32.2. The van der Waals surface area contributed by atoms with Gasteiger partial charge >= 0.3 is 0 Å². The zero-order chi connectivity index (χ0) is 15.0. The van der Waals surface area contributed by atoms with Gasteiger partial charge in [0.2, 0.25) is 10.0 Å². The van der Waals surface area contributed by atoms with Gasteiger partial charge in [-0.15, -0.1) is 0 Å². The molecule has 0 aliphatic carbocycles. The third kappa shape index (κ3) is 6.00. The summed E-state index contributed by atoms with van der Waals surface area (Å²) in [5.74, 6) is 0. The molecule has 1 rings (SSSR count). The maximum atomic E-state index is 12.1. The molecule has 6 heteroatoms. The lowest BCUT2D eigenvalue weighted by atomic mass is 10.2. The second kappa shape index (κ2) is 8.36. The van der Waals surface area contributed by atoms with Crippen molar-refractivity contribution in [1.29, 1.82) is 0 Å². The molecule has 1 aromatic carbocycles. The molecule has 0 atom stereocenters. The summed E-state index contributed by atoms with van der Waals surface area (Å²) >= 11 is 0. The van der Waals surface area contributed by atoms with Gasteiger partial charge in [-0.25, -0.2) is 13.1 Å². The van der Waals surface area contributed by atoms with Crippen molar-refractivity contribution in [2.75, 3.05) is 33.7 Å². The van der Waals surface area contributed by atoms with Crippen molar-refractivity contribution in [3.05, 3.63) is 29.8 Å². The topological polar surface area (TPSA) is 61.4 Å². The highest BCUT2D eigenvalue weighted by molar-refractivity contribution is 7.89.